The molecule has 2 aromatic carbocycles. The maximum Gasteiger partial charge on any atom is 0.363 e. The Morgan fingerprint density at radius 1 is 1.16 bits per heavy atom. The standard InChI is InChI=1S/C18H11IN2O4/c19-14-8-3-7-13(11-14)17-20-15(18(22)25-17)9-4-6-12-5-1-2-10-16(12)21(23)24/h1-11H. The molecule has 0 amide bonds. The molecule has 0 fully saturated rings. The molecule has 124 valence electrons. The second-order valence-electron chi connectivity index (χ2n) is 5.04. The summed E-state index contributed by atoms with van der Waals surface area (Å²) in [6.45, 7) is 0. The van der Waals surface area contributed by atoms with Crippen LogP contribution in [0.15, 0.2) is 71.4 Å². The number of nitro benzene ring substituents is 1. The first-order chi connectivity index (χ1) is 12.0. The molecule has 0 spiro atoms. The van der Waals surface area contributed by atoms with Crippen LogP contribution in [0.2, 0.25) is 0 Å². The summed E-state index contributed by atoms with van der Waals surface area (Å²) >= 11 is 2.16. The number of hydrogen-bond acceptors (Lipinski definition) is 5. The van der Waals surface area contributed by atoms with E-state index in [1.807, 2.05) is 18.2 Å². The van der Waals surface area contributed by atoms with Crippen LogP contribution < -0.4 is 0 Å². The van der Waals surface area contributed by atoms with Gasteiger partial charge in [0.05, 0.1) is 10.5 Å². The van der Waals surface area contributed by atoms with E-state index in [9.17, 15) is 14.9 Å². The number of esters is 1. The van der Waals surface area contributed by atoms with Crippen molar-refractivity contribution in [3.05, 3.63) is 91.2 Å². The predicted octanol–water partition coefficient (Wildman–Crippen LogP) is 4.10. The lowest BCUT2D eigenvalue weighted by atomic mass is 10.1. The molecule has 0 unspecified atom stereocenters. The van der Waals surface area contributed by atoms with Crippen molar-refractivity contribution in [3.8, 4) is 0 Å². The Balaban J connectivity index is 1.84. The van der Waals surface area contributed by atoms with E-state index in [4.69, 9.17) is 4.74 Å². The summed E-state index contributed by atoms with van der Waals surface area (Å²) in [6, 6.07) is 13.8. The van der Waals surface area contributed by atoms with Crippen LogP contribution in [-0.4, -0.2) is 16.8 Å². The number of para-hydroxylation sites is 1. The summed E-state index contributed by atoms with van der Waals surface area (Å²) < 4.78 is 6.18. The van der Waals surface area contributed by atoms with Gasteiger partial charge in [-0.05, 0) is 59.0 Å². The molecular weight excluding hydrogens is 435 g/mol. The van der Waals surface area contributed by atoms with Crippen molar-refractivity contribution in [1.82, 2.24) is 0 Å². The van der Waals surface area contributed by atoms with Crippen LogP contribution >= 0.6 is 22.6 Å². The minimum Gasteiger partial charge on any atom is -0.402 e. The molecule has 0 saturated heterocycles. The minimum atomic E-state index is -0.555. The monoisotopic (exact) mass is 446 g/mol. The highest BCUT2D eigenvalue weighted by molar-refractivity contribution is 14.1. The van der Waals surface area contributed by atoms with Crippen molar-refractivity contribution in [2.24, 2.45) is 4.99 Å². The molecule has 0 radical (unpaired) electrons. The van der Waals surface area contributed by atoms with Gasteiger partial charge < -0.3 is 4.74 Å². The second kappa shape index (κ2) is 7.39. The van der Waals surface area contributed by atoms with Gasteiger partial charge in [-0.2, -0.15) is 0 Å². The summed E-state index contributed by atoms with van der Waals surface area (Å²) in [4.78, 5) is 26.6. The van der Waals surface area contributed by atoms with Gasteiger partial charge in [-0.3, -0.25) is 10.1 Å². The number of cyclic esters (lactones) is 1. The van der Waals surface area contributed by atoms with E-state index >= 15 is 0 Å². The van der Waals surface area contributed by atoms with Crippen molar-refractivity contribution in [3.63, 3.8) is 0 Å². The molecule has 3 rings (SSSR count). The normalized spacial score (nSPS) is 15.5. The summed E-state index contributed by atoms with van der Waals surface area (Å²) in [7, 11) is 0. The third-order valence-corrected chi connectivity index (χ3v) is 4.03. The number of benzene rings is 2. The molecule has 0 bridgehead atoms. The average Bonchev–Trinajstić information content (AvgIpc) is 2.96. The average molecular weight is 446 g/mol. The summed E-state index contributed by atoms with van der Waals surface area (Å²) in [5, 5.41) is 11.0. The zero-order valence-corrected chi connectivity index (χ0v) is 14.9. The van der Waals surface area contributed by atoms with Crippen molar-refractivity contribution in [2.45, 2.75) is 0 Å². The van der Waals surface area contributed by atoms with Crippen LogP contribution in [0.5, 0.6) is 0 Å². The highest BCUT2D eigenvalue weighted by atomic mass is 127. The predicted molar refractivity (Wildman–Crippen MR) is 102 cm³/mol. The number of carbonyl (C=O) groups is 1. The zero-order valence-electron chi connectivity index (χ0n) is 12.8. The lowest BCUT2D eigenvalue weighted by Crippen LogP contribution is -2.05. The zero-order chi connectivity index (χ0) is 17.8. The third kappa shape index (κ3) is 4.00. The van der Waals surface area contributed by atoms with Crippen LogP contribution in [0.4, 0.5) is 5.69 Å². The maximum absolute atomic E-state index is 11.9. The number of ether oxygens (including phenoxy) is 1. The van der Waals surface area contributed by atoms with Gasteiger partial charge in [-0.15, -0.1) is 0 Å². The Morgan fingerprint density at radius 3 is 2.72 bits per heavy atom. The molecule has 25 heavy (non-hydrogen) atoms. The molecule has 1 heterocycles. The van der Waals surface area contributed by atoms with Crippen LogP contribution in [0.25, 0.3) is 6.08 Å². The number of hydrogen-bond donors (Lipinski definition) is 0. The highest BCUT2D eigenvalue weighted by Gasteiger charge is 2.23. The van der Waals surface area contributed by atoms with E-state index in [0.717, 1.165) is 3.57 Å². The molecule has 0 aliphatic carbocycles. The molecule has 1 aliphatic heterocycles. The summed E-state index contributed by atoms with van der Waals surface area (Å²) in [6.07, 6.45) is 4.57. The van der Waals surface area contributed by atoms with Crippen LogP contribution in [0.3, 0.4) is 0 Å². The second-order valence-corrected chi connectivity index (χ2v) is 6.29. The molecule has 1 aliphatic rings. The first kappa shape index (κ1) is 17.0. The Hall–Kier alpha value is -2.81. The first-order valence-corrected chi connectivity index (χ1v) is 8.31. The van der Waals surface area contributed by atoms with Crippen LogP contribution in [-0.2, 0) is 9.53 Å². The van der Waals surface area contributed by atoms with Crippen LogP contribution in [0, 0.1) is 13.7 Å². The van der Waals surface area contributed by atoms with Crippen LogP contribution in [0.1, 0.15) is 11.1 Å². The topological polar surface area (TPSA) is 81.8 Å². The number of halogens is 1. The number of aliphatic imine (C=N–C) groups is 1. The van der Waals surface area contributed by atoms with E-state index in [0.29, 0.717) is 11.1 Å². The van der Waals surface area contributed by atoms with Crippen molar-refractivity contribution < 1.29 is 14.5 Å². The number of allylic oxidation sites excluding steroid dienone is 2. The van der Waals surface area contributed by atoms with Gasteiger partial charge in [-0.25, -0.2) is 9.79 Å². The Morgan fingerprint density at radius 2 is 1.96 bits per heavy atom. The molecule has 0 N–H and O–H groups in total. The lowest BCUT2D eigenvalue weighted by Gasteiger charge is -1.99. The number of carbonyl (C=O) groups excluding carboxylic acids is 1. The van der Waals surface area contributed by atoms with E-state index in [2.05, 4.69) is 27.6 Å². The van der Waals surface area contributed by atoms with Gasteiger partial charge in [0.1, 0.15) is 0 Å². The fourth-order valence-corrected chi connectivity index (χ4v) is 2.75. The molecule has 0 aromatic heterocycles. The molecule has 6 nitrogen and oxygen atoms in total. The van der Waals surface area contributed by atoms with Crippen molar-refractivity contribution in [1.29, 1.82) is 0 Å². The molecular formula is C18H11IN2O4. The van der Waals surface area contributed by atoms with Gasteiger partial charge >= 0.3 is 5.97 Å². The minimum absolute atomic E-state index is 0.00537. The first-order valence-electron chi connectivity index (χ1n) is 7.23. The molecule has 0 atom stereocenters. The smallest absolute Gasteiger partial charge is 0.363 e. The molecule has 0 saturated carbocycles. The molecule has 7 heteroatoms. The number of nitrogens with zero attached hydrogens (tertiary/aromatic N) is 2. The quantitative estimate of drug-likeness (QED) is 0.233. The Bertz CT molecular complexity index is 948. The van der Waals surface area contributed by atoms with Gasteiger partial charge in [0.2, 0.25) is 5.90 Å². The lowest BCUT2D eigenvalue weighted by molar-refractivity contribution is -0.385. The van der Waals surface area contributed by atoms with E-state index in [-0.39, 0.29) is 17.3 Å². The fourth-order valence-electron chi connectivity index (χ4n) is 2.21. The highest BCUT2D eigenvalue weighted by Crippen LogP contribution is 2.21. The number of nitro groups is 1. The van der Waals surface area contributed by atoms with Gasteiger partial charge in [0.25, 0.3) is 5.69 Å². The summed E-state index contributed by atoms with van der Waals surface area (Å²) in [5.41, 5.74) is 1.29. The third-order valence-electron chi connectivity index (χ3n) is 3.36. The van der Waals surface area contributed by atoms with Crippen molar-refractivity contribution in [2.75, 3.05) is 0 Å². The SMILES string of the molecule is O=C1OC(c2cccc(I)c2)=NC1=CC=Cc1ccccc1[N+](=O)[O-]. The van der Waals surface area contributed by atoms with E-state index in [1.54, 1.807) is 36.4 Å². The Labute approximate surface area is 156 Å². The fraction of sp³-hybridized carbons (Fsp3) is 0. The largest absolute Gasteiger partial charge is 0.402 e. The number of rotatable bonds is 4. The van der Waals surface area contributed by atoms with Gasteiger partial charge in [0, 0.05) is 15.2 Å². The Kier molecular flexibility index (Phi) is 5.03. The van der Waals surface area contributed by atoms with E-state index < -0.39 is 10.9 Å². The van der Waals surface area contributed by atoms with Crippen molar-refractivity contribution >= 4 is 46.2 Å². The molecule has 2 aromatic rings. The van der Waals surface area contributed by atoms with E-state index in [1.165, 1.54) is 12.1 Å². The van der Waals surface area contributed by atoms with Gasteiger partial charge in [0.15, 0.2) is 5.70 Å². The van der Waals surface area contributed by atoms with Gasteiger partial charge in [-0.1, -0.05) is 24.3 Å². The summed E-state index contributed by atoms with van der Waals surface area (Å²) in [5.74, 6) is -0.310. The maximum atomic E-state index is 11.9.